The number of anilines is 1. The van der Waals surface area contributed by atoms with Gasteiger partial charge in [-0.2, -0.15) is 0 Å². The summed E-state index contributed by atoms with van der Waals surface area (Å²) < 4.78 is 0. The molecular weight excluding hydrogens is 270 g/mol. The molecule has 2 aromatic rings. The Balaban J connectivity index is 1.90. The zero-order valence-corrected chi connectivity index (χ0v) is 11.3. The second-order valence-corrected chi connectivity index (χ2v) is 4.94. The molecule has 21 heavy (non-hydrogen) atoms. The average molecular weight is 285 g/mol. The van der Waals surface area contributed by atoms with E-state index in [1.807, 2.05) is 18.2 Å². The number of nitrogens with one attached hydrogen (secondary N) is 3. The van der Waals surface area contributed by atoms with Crippen LogP contribution in [0.3, 0.4) is 0 Å². The number of H-pyrrole nitrogens is 1. The predicted molar refractivity (Wildman–Crippen MR) is 78.5 cm³/mol. The number of carbonyl (C=O) groups excluding carboxylic acids is 1. The summed E-state index contributed by atoms with van der Waals surface area (Å²) in [6.07, 6.45) is 0.840. The maximum absolute atomic E-state index is 12.2. The molecule has 1 aromatic heterocycles. The van der Waals surface area contributed by atoms with E-state index in [4.69, 9.17) is 0 Å². The highest BCUT2D eigenvalue weighted by atomic mass is 16.3. The van der Waals surface area contributed by atoms with Crippen molar-refractivity contribution < 1.29 is 9.90 Å². The molecule has 3 rings (SSSR count). The van der Waals surface area contributed by atoms with E-state index < -0.39 is 11.5 Å². The summed E-state index contributed by atoms with van der Waals surface area (Å²) in [5.74, 6) is -0.740. The van der Waals surface area contributed by atoms with Crippen molar-refractivity contribution in [2.75, 3.05) is 11.9 Å². The lowest BCUT2D eigenvalue weighted by Crippen LogP contribution is -2.25. The lowest BCUT2D eigenvalue weighted by Gasteiger charge is -2.20. The van der Waals surface area contributed by atoms with Crippen LogP contribution in [-0.4, -0.2) is 22.5 Å². The van der Waals surface area contributed by atoms with Crippen molar-refractivity contribution >= 4 is 11.6 Å². The molecule has 6 nitrogen and oxygen atoms in total. The molecule has 0 saturated carbocycles. The molecule has 2 heterocycles. The molecule has 6 heteroatoms. The van der Waals surface area contributed by atoms with Crippen LogP contribution in [0, 0.1) is 0 Å². The Morgan fingerprint density at radius 2 is 2.14 bits per heavy atom. The van der Waals surface area contributed by atoms with E-state index >= 15 is 0 Å². The summed E-state index contributed by atoms with van der Waals surface area (Å²) in [7, 11) is 0. The standard InChI is InChI=1S/C15H15N3O3/c19-13-6-10(7-14(20)18-13)15(21)17-12-3-1-2-9-8-16-5-4-11(9)12/h1-3,6-7,16H,4-5,8H2,(H,17,21)(H2,18,19,20). The molecule has 108 valence electrons. The van der Waals surface area contributed by atoms with Gasteiger partial charge in [-0.15, -0.1) is 0 Å². The van der Waals surface area contributed by atoms with Crippen molar-refractivity contribution in [2.45, 2.75) is 13.0 Å². The van der Waals surface area contributed by atoms with E-state index in [2.05, 4.69) is 15.6 Å². The quantitative estimate of drug-likeness (QED) is 0.661. The highest BCUT2D eigenvalue weighted by molar-refractivity contribution is 6.04. The van der Waals surface area contributed by atoms with Crippen LogP contribution in [0.4, 0.5) is 5.69 Å². The summed E-state index contributed by atoms with van der Waals surface area (Å²) in [5.41, 5.74) is 2.63. The van der Waals surface area contributed by atoms with Crippen LogP contribution in [0.15, 0.2) is 35.1 Å². The molecule has 1 aliphatic rings. The molecule has 0 unspecified atom stereocenters. The Morgan fingerprint density at radius 3 is 2.95 bits per heavy atom. The van der Waals surface area contributed by atoms with Gasteiger partial charge in [-0.25, -0.2) is 0 Å². The fourth-order valence-electron chi connectivity index (χ4n) is 2.50. The van der Waals surface area contributed by atoms with Gasteiger partial charge in [0.1, 0.15) is 0 Å². The van der Waals surface area contributed by atoms with Gasteiger partial charge in [0.15, 0.2) is 5.88 Å². The van der Waals surface area contributed by atoms with E-state index in [9.17, 15) is 14.7 Å². The smallest absolute Gasteiger partial charge is 0.256 e. The lowest BCUT2D eigenvalue weighted by atomic mass is 9.99. The first kappa shape index (κ1) is 13.4. The van der Waals surface area contributed by atoms with Crippen molar-refractivity contribution in [3.05, 3.63) is 57.4 Å². The summed E-state index contributed by atoms with van der Waals surface area (Å²) in [6.45, 7) is 1.65. The van der Waals surface area contributed by atoms with E-state index in [1.54, 1.807) is 0 Å². The molecule has 1 amide bonds. The first-order valence-corrected chi connectivity index (χ1v) is 6.69. The number of aromatic nitrogens is 1. The van der Waals surface area contributed by atoms with Crippen LogP contribution in [-0.2, 0) is 13.0 Å². The Hall–Kier alpha value is -2.60. The Kier molecular flexibility index (Phi) is 3.45. The van der Waals surface area contributed by atoms with Crippen molar-refractivity contribution in [1.29, 1.82) is 0 Å². The molecular formula is C15H15N3O3. The average Bonchev–Trinajstić information content (AvgIpc) is 2.46. The van der Waals surface area contributed by atoms with Crippen LogP contribution in [0.5, 0.6) is 5.88 Å². The molecule has 1 aliphatic heterocycles. The summed E-state index contributed by atoms with van der Waals surface area (Å²) in [5, 5.41) is 15.4. The number of benzene rings is 1. The van der Waals surface area contributed by atoms with E-state index in [1.165, 1.54) is 6.07 Å². The van der Waals surface area contributed by atoms with Gasteiger partial charge in [0.2, 0.25) is 0 Å². The maximum atomic E-state index is 12.2. The molecule has 0 spiro atoms. The highest BCUT2D eigenvalue weighted by Gasteiger charge is 2.15. The Bertz CT molecular complexity index is 752. The minimum atomic E-state index is -0.514. The monoisotopic (exact) mass is 285 g/mol. The number of rotatable bonds is 2. The second-order valence-electron chi connectivity index (χ2n) is 4.94. The number of hydrogen-bond donors (Lipinski definition) is 4. The molecule has 0 aliphatic carbocycles. The fourth-order valence-corrected chi connectivity index (χ4v) is 2.50. The second kappa shape index (κ2) is 5.41. The van der Waals surface area contributed by atoms with Gasteiger partial charge in [-0.05, 0) is 30.2 Å². The van der Waals surface area contributed by atoms with Crippen LogP contribution < -0.4 is 16.2 Å². The first-order chi connectivity index (χ1) is 10.1. The summed E-state index contributed by atoms with van der Waals surface area (Å²) >= 11 is 0. The zero-order valence-electron chi connectivity index (χ0n) is 11.3. The number of carbonyl (C=O) groups is 1. The molecule has 0 bridgehead atoms. The minimum Gasteiger partial charge on any atom is -0.494 e. The van der Waals surface area contributed by atoms with Crippen molar-refractivity contribution in [3.63, 3.8) is 0 Å². The molecule has 0 saturated heterocycles. The van der Waals surface area contributed by atoms with Gasteiger partial charge in [-0.3, -0.25) is 14.6 Å². The zero-order chi connectivity index (χ0) is 14.8. The van der Waals surface area contributed by atoms with Crippen molar-refractivity contribution in [1.82, 2.24) is 10.3 Å². The van der Waals surface area contributed by atoms with Crippen molar-refractivity contribution in [3.8, 4) is 5.88 Å². The third kappa shape index (κ3) is 2.80. The molecule has 0 radical (unpaired) electrons. The fraction of sp³-hybridized carbons (Fsp3) is 0.200. The number of hydrogen-bond acceptors (Lipinski definition) is 4. The highest BCUT2D eigenvalue weighted by Crippen LogP contribution is 2.23. The third-order valence-electron chi connectivity index (χ3n) is 3.48. The number of aromatic hydroxyl groups is 1. The minimum absolute atomic E-state index is 0.128. The maximum Gasteiger partial charge on any atom is 0.256 e. The molecule has 0 fully saturated rings. The van der Waals surface area contributed by atoms with Gasteiger partial charge in [0.25, 0.3) is 11.5 Å². The van der Waals surface area contributed by atoms with Gasteiger partial charge >= 0.3 is 0 Å². The number of amides is 1. The van der Waals surface area contributed by atoms with Gasteiger partial charge < -0.3 is 15.7 Å². The van der Waals surface area contributed by atoms with Gasteiger partial charge in [-0.1, -0.05) is 12.1 Å². The van der Waals surface area contributed by atoms with Crippen LogP contribution in [0.1, 0.15) is 21.5 Å². The van der Waals surface area contributed by atoms with E-state index in [-0.39, 0.29) is 11.4 Å². The van der Waals surface area contributed by atoms with Crippen LogP contribution in [0.2, 0.25) is 0 Å². The SMILES string of the molecule is O=C(Nc1cccc2c1CCNC2)c1cc(O)[nH]c(=O)c1. The number of pyridine rings is 1. The molecule has 4 N–H and O–H groups in total. The first-order valence-electron chi connectivity index (χ1n) is 6.69. The lowest BCUT2D eigenvalue weighted by molar-refractivity contribution is 0.102. The van der Waals surface area contributed by atoms with Crippen LogP contribution in [0.25, 0.3) is 0 Å². The third-order valence-corrected chi connectivity index (χ3v) is 3.48. The molecule has 1 aromatic carbocycles. The number of aromatic amines is 1. The van der Waals surface area contributed by atoms with E-state index in [0.717, 1.165) is 42.4 Å². The van der Waals surface area contributed by atoms with Gasteiger partial charge in [0, 0.05) is 24.4 Å². The largest absolute Gasteiger partial charge is 0.494 e. The van der Waals surface area contributed by atoms with E-state index in [0.29, 0.717) is 0 Å². The predicted octanol–water partition coefficient (Wildman–Crippen LogP) is 0.978. The molecule has 0 atom stereocenters. The number of fused-ring (bicyclic) bond motifs is 1. The van der Waals surface area contributed by atoms with Gasteiger partial charge in [0.05, 0.1) is 5.56 Å². The summed E-state index contributed by atoms with van der Waals surface area (Å²) in [6, 6.07) is 8.14. The topological polar surface area (TPSA) is 94.2 Å². The normalized spacial score (nSPS) is 13.5. The summed E-state index contributed by atoms with van der Waals surface area (Å²) in [4.78, 5) is 25.7. The van der Waals surface area contributed by atoms with Crippen molar-refractivity contribution in [2.24, 2.45) is 0 Å². The Morgan fingerprint density at radius 1 is 1.29 bits per heavy atom. The van der Waals surface area contributed by atoms with Crippen LogP contribution >= 0.6 is 0 Å². The Labute approximate surface area is 120 Å².